The Balaban J connectivity index is 1.15. The van der Waals surface area contributed by atoms with Gasteiger partial charge in [0.1, 0.15) is 40.5 Å². The second kappa shape index (κ2) is 9.58. The maximum Gasteiger partial charge on any atom is 0.318 e. The molecule has 3 heterocycles. The molecule has 12 heteroatoms. The van der Waals surface area contributed by atoms with E-state index < -0.39 is 69.7 Å². The molecule has 232 valence electrons. The zero-order valence-corrected chi connectivity index (χ0v) is 25.3. The number of fused-ring (bicyclic) bond motifs is 1. The summed E-state index contributed by atoms with van der Waals surface area (Å²) in [5.74, 6) is -4.08. The Morgan fingerprint density at radius 2 is 1.56 bits per heavy atom. The van der Waals surface area contributed by atoms with Gasteiger partial charge in [-0.3, -0.25) is 23.7 Å². The summed E-state index contributed by atoms with van der Waals surface area (Å²) in [7, 11) is -4.56. The fraction of sp³-hybridized carbons (Fsp3) is 0.677. The van der Waals surface area contributed by atoms with E-state index in [2.05, 4.69) is 0 Å². The van der Waals surface area contributed by atoms with Crippen molar-refractivity contribution >= 4 is 33.8 Å². The minimum atomic E-state index is -4.56. The zero-order chi connectivity index (χ0) is 30.7. The van der Waals surface area contributed by atoms with Crippen LogP contribution >= 0.6 is 0 Å². The lowest BCUT2D eigenvalue weighted by atomic mass is 9.49. The summed E-state index contributed by atoms with van der Waals surface area (Å²) in [6.07, 6.45) is -0.278. The predicted octanol–water partition coefficient (Wildman–Crippen LogP) is 3.33. The van der Waals surface area contributed by atoms with Crippen LogP contribution in [-0.4, -0.2) is 61.1 Å². The normalized spacial score (nSPS) is 38.7. The van der Waals surface area contributed by atoms with Crippen molar-refractivity contribution in [2.45, 2.75) is 101 Å². The number of ether oxygens (including phenoxy) is 4. The van der Waals surface area contributed by atoms with E-state index in [0.717, 1.165) is 12.8 Å². The monoisotopic (exact) mass is 616 g/mol. The van der Waals surface area contributed by atoms with E-state index in [1.165, 1.54) is 12.1 Å². The molecule has 0 amide bonds. The third-order valence-electron chi connectivity index (χ3n) is 10.7. The molecular weight excluding hydrogens is 580 g/mol. The number of hydrogen-bond acceptors (Lipinski definition) is 10. The second-order valence-corrected chi connectivity index (χ2v) is 15.4. The Kier molecular flexibility index (Phi) is 6.44. The number of ketones is 1. The van der Waals surface area contributed by atoms with Gasteiger partial charge in [-0.25, -0.2) is 0 Å². The van der Waals surface area contributed by atoms with E-state index in [1.54, 1.807) is 27.7 Å². The van der Waals surface area contributed by atoms with Crippen molar-refractivity contribution in [3.8, 4) is 5.75 Å². The number of rotatable bonds is 7. The average molecular weight is 617 g/mol. The lowest BCUT2D eigenvalue weighted by Crippen LogP contribution is -2.56. The summed E-state index contributed by atoms with van der Waals surface area (Å²) in [5, 5.41) is 0. The first-order chi connectivity index (χ1) is 20.2. The third kappa shape index (κ3) is 4.30. The van der Waals surface area contributed by atoms with Gasteiger partial charge in [0.15, 0.2) is 12.2 Å². The van der Waals surface area contributed by atoms with E-state index in [0.29, 0.717) is 36.3 Å². The molecule has 8 atom stereocenters. The predicted molar refractivity (Wildman–Crippen MR) is 146 cm³/mol. The zero-order valence-electron chi connectivity index (χ0n) is 24.5. The van der Waals surface area contributed by atoms with Crippen LogP contribution in [0.2, 0.25) is 0 Å². The van der Waals surface area contributed by atoms with E-state index in [-0.39, 0.29) is 40.1 Å². The largest absolute Gasteiger partial charge is 0.455 e. The summed E-state index contributed by atoms with van der Waals surface area (Å²) in [6, 6.07) is 2.82. The Morgan fingerprint density at radius 1 is 0.953 bits per heavy atom. The Labute approximate surface area is 249 Å². The minimum Gasteiger partial charge on any atom is -0.455 e. The molecule has 4 aliphatic carbocycles. The lowest BCUT2D eigenvalue weighted by Gasteiger charge is -2.54. The molecule has 1 N–H and O–H groups in total. The van der Waals surface area contributed by atoms with Crippen LogP contribution in [0.25, 0.3) is 0 Å². The highest BCUT2D eigenvalue weighted by molar-refractivity contribution is 7.86. The van der Waals surface area contributed by atoms with E-state index in [1.807, 2.05) is 0 Å². The topological polar surface area (TPSA) is 160 Å². The van der Waals surface area contributed by atoms with Gasteiger partial charge in [0.05, 0.1) is 5.41 Å². The van der Waals surface area contributed by atoms with Crippen LogP contribution in [-0.2, 0) is 43.5 Å². The number of carbonyl (C=O) groups is 4. The van der Waals surface area contributed by atoms with Gasteiger partial charge >= 0.3 is 17.9 Å². The summed E-state index contributed by atoms with van der Waals surface area (Å²) < 4.78 is 58.1. The van der Waals surface area contributed by atoms with E-state index in [9.17, 15) is 32.1 Å². The third-order valence-corrected chi connectivity index (χ3v) is 11.7. The fourth-order valence-electron chi connectivity index (χ4n) is 9.03. The standard InChI is InChI=1S/C31H36O11S/c1-12(2)18-7-17(8-19(13(3)4)27(18)43(36,37)38)39-28(33)20-21-23-25(41-29(21)34)26(24(20)40-23)42-30(35)31-9-14-5-15(10-31)22(32)16(6-14)11-31/h7-8,12-16,20-21,23-26H,5-6,9-11H2,1-4H3,(H,36,37,38). The van der Waals surface area contributed by atoms with Crippen molar-refractivity contribution in [2.24, 2.45) is 35.0 Å². The summed E-state index contributed by atoms with van der Waals surface area (Å²) in [5.41, 5.74) is -0.164. The number of benzene rings is 1. The van der Waals surface area contributed by atoms with Gasteiger partial charge in [0.2, 0.25) is 0 Å². The first kappa shape index (κ1) is 28.9. The van der Waals surface area contributed by atoms with Crippen molar-refractivity contribution in [1.82, 2.24) is 0 Å². The summed E-state index contributed by atoms with van der Waals surface area (Å²) >= 11 is 0. The molecule has 0 spiro atoms. The molecule has 7 aliphatic rings. The van der Waals surface area contributed by atoms with Crippen LogP contribution < -0.4 is 4.74 Å². The van der Waals surface area contributed by atoms with Crippen molar-refractivity contribution in [3.63, 3.8) is 0 Å². The second-order valence-electron chi connectivity index (χ2n) is 14.1. The van der Waals surface area contributed by atoms with Gasteiger partial charge in [0.25, 0.3) is 10.1 Å². The number of Topliss-reactive ketones (excluding diaryl/α,β-unsaturated/α-hetero) is 1. The molecule has 11 nitrogen and oxygen atoms in total. The molecule has 43 heavy (non-hydrogen) atoms. The number of hydrogen-bond donors (Lipinski definition) is 1. The number of carbonyl (C=O) groups excluding carboxylic acids is 4. The molecule has 1 aromatic carbocycles. The molecule has 6 bridgehead atoms. The highest BCUT2D eigenvalue weighted by atomic mass is 32.2. The van der Waals surface area contributed by atoms with Crippen LogP contribution in [0.1, 0.15) is 82.8 Å². The van der Waals surface area contributed by atoms with Crippen LogP contribution in [0.15, 0.2) is 17.0 Å². The molecular formula is C31H36O11S. The van der Waals surface area contributed by atoms with E-state index >= 15 is 0 Å². The molecule has 8 unspecified atom stereocenters. The molecule has 0 radical (unpaired) electrons. The molecule has 7 fully saturated rings. The van der Waals surface area contributed by atoms with Crippen LogP contribution in [0, 0.1) is 35.0 Å². The van der Waals surface area contributed by atoms with Gasteiger partial charge in [-0.15, -0.1) is 0 Å². The summed E-state index contributed by atoms with van der Waals surface area (Å²) in [4.78, 5) is 52.8. The average Bonchev–Trinajstić information content (AvgIpc) is 3.54. The van der Waals surface area contributed by atoms with Gasteiger partial charge in [0, 0.05) is 11.8 Å². The van der Waals surface area contributed by atoms with Crippen LogP contribution in [0.4, 0.5) is 0 Å². The highest BCUT2D eigenvalue weighted by Crippen LogP contribution is 2.60. The van der Waals surface area contributed by atoms with Crippen molar-refractivity contribution in [2.75, 3.05) is 0 Å². The first-order valence-corrected chi connectivity index (χ1v) is 16.6. The Bertz CT molecular complexity index is 1500. The van der Waals surface area contributed by atoms with Crippen molar-refractivity contribution in [3.05, 3.63) is 23.3 Å². The van der Waals surface area contributed by atoms with Gasteiger partial charge in [-0.2, -0.15) is 8.42 Å². The van der Waals surface area contributed by atoms with E-state index in [4.69, 9.17) is 18.9 Å². The summed E-state index contributed by atoms with van der Waals surface area (Å²) in [6.45, 7) is 7.04. The number of esters is 3. The van der Waals surface area contributed by atoms with Gasteiger partial charge in [-0.1, -0.05) is 27.7 Å². The van der Waals surface area contributed by atoms with Gasteiger partial charge < -0.3 is 18.9 Å². The van der Waals surface area contributed by atoms with Crippen LogP contribution in [0.3, 0.4) is 0 Å². The quantitative estimate of drug-likeness (QED) is 0.272. The van der Waals surface area contributed by atoms with Crippen molar-refractivity contribution < 1.29 is 51.1 Å². The molecule has 3 aliphatic heterocycles. The Hall–Kier alpha value is -2.83. The molecule has 8 rings (SSSR count). The maximum atomic E-state index is 13.8. The molecule has 1 aromatic rings. The first-order valence-electron chi connectivity index (χ1n) is 15.2. The minimum absolute atomic E-state index is 0.0715. The Morgan fingerprint density at radius 3 is 2.12 bits per heavy atom. The SMILES string of the molecule is CC(C)c1cc(OC(=O)C2C3OC4C(OC(=O)C42)C3OC(=O)C23CC4CC(C2)C(=O)C(C4)C3)cc(C(C)C)c1S(=O)(=O)O. The van der Waals surface area contributed by atoms with Crippen molar-refractivity contribution in [1.29, 1.82) is 0 Å². The molecule has 3 saturated heterocycles. The smallest absolute Gasteiger partial charge is 0.318 e. The lowest BCUT2D eigenvalue weighted by molar-refractivity contribution is -0.186. The maximum absolute atomic E-state index is 13.8. The molecule has 4 saturated carbocycles. The van der Waals surface area contributed by atoms with Gasteiger partial charge in [-0.05, 0) is 73.1 Å². The highest BCUT2D eigenvalue weighted by Gasteiger charge is 2.72. The fourth-order valence-corrected chi connectivity index (χ4v) is 10.2. The molecule has 0 aromatic heterocycles. The van der Waals surface area contributed by atoms with Crippen LogP contribution in [0.5, 0.6) is 5.75 Å².